The molecule has 0 aliphatic carbocycles. The van der Waals surface area contributed by atoms with Crippen molar-refractivity contribution in [3.05, 3.63) is 41.2 Å². The highest BCUT2D eigenvalue weighted by atomic mass is 16.6. The molecule has 0 fully saturated rings. The number of carbonyl (C=O) groups excluding carboxylic acids is 1. The maximum absolute atomic E-state index is 12.4. The Bertz CT molecular complexity index is 930. The van der Waals surface area contributed by atoms with E-state index in [1.54, 1.807) is 26.2 Å². The van der Waals surface area contributed by atoms with Gasteiger partial charge in [0, 0.05) is 0 Å². The summed E-state index contributed by atoms with van der Waals surface area (Å²) >= 11 is 0. The molecule has 11 nitrogen and oxygen atoms in total. The second kappa shape index (κ2) is 6.78. The molecule has 1 aromatic carbocycles. The van der Waals surface area contributed by atoms with Crippen LogP contribution in [0.2, 0.25) is 0 Å². The molecule has 0 aliphatic heterocycles. The maximum Gasteiger partial charge on any atom is 0.292 e. The van der Waals surface area contributed by atoms with Crippen LogP contribution >= 0.6 is 0 Å². The Balaban J connectivity index is 1.79. The third kappa shape index (κ3) is 3.29. The lowest BCUT2D eigenvalue weighted by Gasteiger charge is -2.03. The smallest absolute Gasteiger partial charge is 0.292 e. The van der Waals surface area contributed by atoms with Crippen LogP contribution in [0.3, 0.4) is 0 Å². The molecule has 3 rings (SSSR count). The first-order valence-electron chi connectivity index (χ1n) is 7.08. The average Bonchev–Trinajstić information content (AvgIpc) is 3.20. The molecule has 0 saturated heterocycles. The monoisotopic (exact) mass is 342 g/mol. The molecule has 0 aliphatic rings. The van der Waals surface area contributed by atoms with Crippen molar-refractivity contribution in [2.75, 3.05) is 12.8 Å². The quantitative estimate of drug-likeness (QED) is 0.497. The van der Waals surface area contributed by atoms with Gasteiger partial charge >= 0.3 is 0 Å². The van der Waals surface area contributed by atoms with Crippen molar-refractivity contribution in [3.8, 4) is 11.6 Å². The van der Waals surface area contributed by atoms with Crippen molar-refractivity contribution in [2.24, 2.45) is 5.10 Å². The van der Waals surface area contributed by atoms with Crippen LogP contribution in [0.15, 0.2) is 34.0 Å². The van der Waals surface area contributed by atoms with Crippen LogP contribution in [0.1, 0.15) is 21.7 Å². The number of nitrogens with one attached hydrogen (secondary N) is 1. The summed E-state index contributed by atoms with van der Waals surface area (Å²) < 4.78 is 10.8. The van der Waals surface area contributed by atoms with Gasteiger partial charge in [-0.3, -0.25) is 4.79 Å². The van der Waals surface area contributed by atoms with E-state index in [4.69, 9.17) is 10.5 Å². The summed E-state index contributed by atoms with van der Waals surface area (Å²) in [7, 11) is 1.57. The second-order valence-corrected chi connectivity index (χ2v) is 4.88. The Hall–Kier alpha value is -3.76. The molecule has 0 bridgehead atoms. The predicted molar refractivity (Wildman–Crippen MR) is 86.4 cm³/mol. The van der Waals surface area contributed by atoms with E-state index in [0.29, 0.717) is 11.4 Å². The minimum absolute atomic E-state index is 0.0150. The summed E-state index contributed by atoms with van der Waals surface area (Å²) in [4.78, 5) is 12.4. The summed E-state index contributed by atoms with van der Waals surface area (Å²) in [5.74, 6) is 0.202. The number of rotatable bonds is 5. The fourth-order valence-electron chi connectivity index (χ4n) is 2.04. The number of nitrogens with zero attached hydrogens (tertiary/aromatic N) is 6. The third-order valence-electron chi connectivity index (χ3n) is 3.22. The number of carbonyl (C=O) groups is 1. The van der Waals surface area contributed by atoms with Gasteiger partial charge in [-0.2, -0.15) is 9.78 Å². The number of methoxy groups -OCH3 is 1. The van der Waals surface area contributed by atoms with E-state index in [1.807, 2.05) is 12.1 Å². The van der Waals surface area contributed by atoms with Crippen LogP contribution in [-0.2, 0) is 0 Å². The van der Waals surface area contributed by atoms with Gasteiger partial charge in [-0.1, -0.05) is 17.3 Å². The van der Waals surface area contributed by atoms with Crippen LogP contribution < -0.4 is 15.9 Å². The van der Waals surface area contributed by atoms with Crippen molar-refractivity contribution in [1.29, 1.82) is 0 Å². The third-order valence-corrected chi connectivity index (χ3v) is 3.22. The van der Waals surface area contributed by atoms with Crippen molar-refractivity contribution in [3.63, 3.8) is 0 Å². The van der Waals surface area contributed by atoms with Gasteiger partial charge in [0.05, 0.1) is 19.0 Å². The molecule has 0 spiro atoms. The molecule has 0 saturated carbocycles. The summed E-state index contributed by atoms with van der Waals surface area (Å²) in [6.07, 6.45) is 1.48. The van der Waals surface area contributed by atoms with Gasteiger partial charge < -0.3 is 10.5 Å². The van der Waals surface area contributed by atoms with E-state index in [-0.39, 0.29) is 17.3 Å². The zero-order valence-corrected chi connectivity index (χ0v) is 13.4. The van der Waals surface area contributed by atoms with Gasteiger partial charge in [0.2, 0.25) is 11.6 Å². The molecule has 2 heterocycles. The first-order chi connectivity index (χ1) is 12.1. The van der Waals surface area contributed by atoms with Crippen molar-refractivity contribution < 1.29 is 14.2 Å². The SMILES string of the molecule is COc1cccc(C=NNC(=O)c2c(C)nnn2-c2nonc2N)c1. The predicted octanol–water partition coefficient (Wildman–Crippen LogP) is 0.313. The Kier molecular flexibility index (Phi) is 4.37. The normalized spacial score (nSPS) is 11.0. The molecule has 11 heteroatoms. The highest BCUT2D eigenvalue weighted by Gasteiger charge is 2.22. The molecule has 3 N–H and O–H groups in total. The topological polar surface area (TPSA) is 146 Å². The molecule has 25 heavy (non-hydrogen) atoms. The molecular formula is C14H14N8O3. The lowest BCUT2D eigenvalue weighted by atomic mass is 10.2. The fraction of sp³-hybridized carbons (Fsp3) is 0.143. The van der Waals surface area contributed by atoms with Crippen molar-refractivity contribution in [1.82, 2.24) is 30.7 Å². The minimum atomic E-state index is -0.538. The first kappa shape index (κ1) is 16.1. The number of hydrogen-bond acceptors (Lipinski definition) is 9. The molecule has 0 radical (unpaired) electrons. The number of aryl methyl sites for hydroxylation is 1. The van der Waals surface area contributed by atoms with Crippen LogP contribution in [0, 0.1) is 6.92 Å². The van der Waals surface area contributed by atoms with Crippen molar-refractivity contribution in [2.45, 2.75) is 6.92 Å². The Morgan fingerprint density at radius 2 is 2.28 bits per heavy atom. The molecule has 0 atom stereocenters. The molecule has 3 aromatic rings. The van der Waals surface area contributed by atoms with E-state index in [2.05, 4.69) is 35.8 Å². The van der Waals surface area contributed by atoms with E-state index in [0.717, 1.165) is 10.2 Å². The molecule has 128 valence electrons. The fourth-order valence-corrected chi connectivity index (χ4v) is 2.04. The van der Waals surface area contributed by atoms with E-state index in [9.17, 15) is 4.79 Å². The van der Waals surface area contributed by atoms with E-state index < -0.39 is 5.91 Å². The maximum atomic E-state index is 12.4. The number of amides is 1. The summed E-state index contributed by atoms with van der Waals surface area (Å²) in [6.45, 7) is 1.62. The van der Waals surface area contributed by atoms with Gasteiger partial charge in [0.25, 0.3) is 5.91 Å². The highest BCUT2D eigenvalue weighted by Crippen LogP contribution is 2.15. The average molecular weight is 342 g/mol. The standard InChI is InChI=1S/C14H14N8O3/c1-8-11(22(21-17-8)13-12(15)19-25-20-13)14(23)18-16-7-9-4-3-5-10(6-9)24-2/h3-7H,1-2H3,(H2,15,19)(H,18,23). The van der Waals surface area contributed by atoms with Crippen LogP contribution in [0.25, 0.3) is 5.82 Å². The van der Waals surface area contributed by atoms with Crippen LogP contribution in [-0.4, -0.2) is 44.5 Å². The van der Waals surface area contributed by atoms with Gasteiger partial charge in [-0.25, -0.2) is 10.1 Å². The molecule has 0 unspecified atom stereocenters. The molecule has 1 amide bonds. The zero-order chi connectivity index (χ0) is 17.8. The number of benzene rings is 1. The lowest BCUT2D eigenvalue weighted by Crippen LogP contribution is -2.22. The van der Waals surface area contributed by atoms with Crippen LogP contribution in [0.5, 0.6) is 5.75 Å². The number of anilines is 1. The number of ether oxygens (including phenoxy) is 1. The number of nitrogens with two attached hydrogens (primary N) is 1. The number of hydrazone groups is 1. The van der Waals surface area contributed by atoms with Crippen molar-refractivity contribution >= 4 is 17.9 Å². The summed E-state index contributed by atoms with van der Waals surface area (Å²) in [5, 5.41) is 18.6. The van der Waals surface area contributed by atoms with Gasteiger partial charge in [-0.05, 0) is 34.9 Å². The first-order valence-corrected chi connectivity index (χ1v) is 7.08. The minimum Gasteiger partial charge on any atom is -0.497 e. The molecule has 2 aromatic heterocycles. The molecular weight excluding hydrogens is 328 g/mol. The second-order valence-electron chi connectivity index (χ2n) is 4.88. The van der Waals surface area contributed by atoms with E-state index in [1.165, 1.54) is 6.21 Å². The Morgan fingerprint density at radius 3 is 3.00 bits per heavy atom. The Morgan fingerprint density at radius 1 is 1.44 bits per heavy atom. The van der Waals surface area contributed by atoms with Gasteiger partial charge in [-0.15, -0.1) is 5.10 Å². The zero-order valence-electron chi connectivity index (χ0n) is 13.4. The van der Waals surface area contributed by atoms with Gasteiger partial charge in [0.15, 0.2) is 5.69 Å². The number of nitrogen functional groups attached to an aromatic ring is 1. The lowest BCUT2D eigenvalue weighted by molar-refractivity contribution is 0.0946. The largest absolute Gasteiger partial charge is 0.497 e. The number of hydrogen-bond donors (Lipinski definition) is 2. The van der Waals surface area contributed by atoms with Gasteiger partial charge in [0.1, 0.15) is 5.75 Å². The van der Waals surface area contributed by atoms with Crippen LogP contribution in [0.4, 0.5) is 5.82 Å². The van der Waals surface area contributed by atoms with E-state index >= 15 is 0 Å². The number of aromatic nitrogens is 5. The Labute approximate surface area is 141 Å². The highest BCUT2D eigenvalue weighted by molar-refractivity contribution is 5.94. The summed E-state index contributed by atoms with van der Waals surface area (Å²) in [6, 6.07) is 7.21. The summed E-state index contributed by atoms with van der Waals surface area (Å²) in [5.41, 5.74) is 9.27.